The highest BCUT2D eigenvalue weighted by Crippen LogP contribution is 2.43. The minimum atomic E-state index is -1.64. The number of phenols is 3. The van der Waals surface area contributed by atoms with Gasteiger partial charge in [0.25, 0.3) is 0 Å². The summed E-state index contributed by atoms with van der Waals surface area (Å²) in [6, 6.07) is 8.15. The highest BCUT2D eigenvalue weighted by molar-refractivity contribution is 5.88. The zero-order chi connectivity index (χ0) is 20.9. The Morgan fingerprint density at radius 1 is 0.931 bits per heavy atom. The van der Waals surface area contributed by atoms with E-state index in [-0.39, 0.29) is 34.6 Å². The van der Waals surface area contributed by atoms with E-state index in [1.165, 1.54) is 24.3 Å². The fraction of sp³-hybridized carbons (Fsp3) is 0.250. The second-order valence-electron chi connectivity index (χ2n) is 6.86. The summed E-state index contributed by atoms with van der Waals surface area (Å²) in [6.07, 6.45) is -5.90. The van der Waals surface area contributed by atoms with Crippen LogP contribution in [-0.4, -0.2) is 55.6 Å². The average Bonchev–Trinajstić information content (AvgIpc) is 2.67. The molecule has 2 aromatic carbocycles. The lowest BCUT2D eigenvalue weighted by atomic mass is 9.92. The van der Waals surface area contributed by atoms with Crippen molar-refractivity contribution in [3.05, 3.63) is 52.2 Å². The van der Waals surface area contributed by atoms with Crippen molar-refractivity contribution in [1.29, 1.82) is 0 Å². The highest BCUT2D eigenvalue weighted by Gasteiger charge is 2.41. The van der Waals surface area contributed by atoms with E-state index >= 15 is 0 Å². The molecular formula is C20H18O9. The molecule has 0 unspecified atom stereocenters. The Bertz CT molecular complexity index is 1120. The summed E-state index contributed by atoms with van der Waals surface area (Å²) in [5.41, 5.74) is -0.516. The Hall–Kier alpha value is -3.11. The molecule has 29 heavy (non-hydrogen) atoms. The number of phenolic OH excluding ortho intramolecular Hbond substituents is 3. The monoisotopic (exact) mass is 402 g/mol. The molecule has 3 aromatic rings. The van der Waals surface area contributed by atoms with E-state index in [1.54, 1.807) is 0 Å². The van der Waals surface area contributed by atoms with Crippen LogP contribution in [0.2, 0.25) is 0 Å². The Morgan fingerprint density at radius 3 is 2.31 bits per heavy atom. The van der Waals surface area contributed by atoms with Gasteiger partial charge in [0.05, 0.1) is 12.2 Å². The van der Waals surface area contributed by atoms with Crippen LogP contribution >= 0.6 is 0 Å². The van der Waals surface area contributed by atoms with Gasteiger partial charge >= 0.3 is 0 Å². The van der Waals surface area contributed by atoms with Gasteiger partial charge in [-0.05, 0) is 24.3 Å². The summed E-state index contributed by atoms with van der Waals surface area (Å²) in [7, 11) is 0. The largest absolute Gasteiger partial charge is 0.508 e. The van der Waals surface area contributed by atoms with Crippen molar-refractivity contribution in [2.45, 2.75) is 24.4 Å². The van der Waals surface area contributed by atoms with E-state index in [2.05, 4.69) is 0 Å². The van der Waals surface area contributed by atoms with Crippen LogP contribution in [0.5, 0.6) is 17.2 Å². The van der Waals surface area contributed by atoms with Gasteiger partial charge in [-0.2, -0.15) is 0 Å². The number of ether oxygens (including phenoxy) is 1. The van der Waals surface area contributed by atoms with Gasteiger partial charge in [0.2, 0.25) is 0 Å². The summed E-state index contributed by atoms with van der Waals surface area (Å²) in [5, 5.41) is 59.8. The van der Waals surface area contributed by atoms with Crippen LogP contribution in [0.4, 0.5) is 0 Å². The maximum Gasteiger partial charge on any atom is 0.197 e. The predicted octanol–water partition coefficient (Wildman–Crippen LogP) is 0.731. The van der Waals surface area contributed by atoms with Crippen LogP contribution in [0.1, 0.15) is 11.7 Å². The summed E-state index contributed by atoms with van der Waals surface area (Å²) in [5.74, 6) is -0.982. The van der Waals surface area contributed by atoms with Crippen molar-refractivity contribution < 1.29 is 39.8 Å². The lowest BCUT2D eigenvalue weighted by Gasteiger charge is -2.35. The minimum Gasteiger partial charge on any atom is -0.508 e. The Morgan fingerprint density at radius 2 is 1.62 bits per heavy atom. The normalized spacial score (nSPS) is 24.7. The highest BCUT2D eigenvalue weighted by atomic mass is 16.5. The molecule has 6 N–H and O–H groups in total. The molecule has 4 rings (SSSR count). The van der Waals surface area contributed by atoms with Crippen molar-refractivity contribution in [3.8, 4) is 28.6 Å². The molecule has 1 aromatic heterocycles. The molecule has 0 amide bonds. The average molecular weight is 402 g/mol. The number of aliphatic hydroxyl groups excluding tert-OH is 3. The molecular weight excluding hydrogens is 384 g/mol. The van der Waals surface area contributed by atoms with Gasteiger partial charge in [0.1, 0.15) is 58.4 Å². The summed E-state index contributed by atoms with van der Waals surface area (Å²) in [4.78, 5) is 12.7. The van der Waals surface area contributed by atoms with Crippen molar-refractivity contribution in [3.63, 3.8) is 0 Å². The van der Waals surface area contributed by atoms with Crippen molar-refractivity contribution >= 4 is 11.0 Å². The molecule has 0 radical (unpaired) electrons. The van der Waals surface area contributed by atoms with Crippen molar-refractivity contribution in [2.75, 3.05) is 6.61 Å². The number of benzene rings is 2. The van der Waals surface area contributed by atoms with Gasteiger partial charge in [0.15, 0.2) is 5.43 Å². The summed E-state index contributed by atoms with van der Waals surface area (Å²) < 4.78 is 10.9. The van der Waals surface area contributed by atoms with Crippen molar-refractivity contribution in [1.82, 2.24) is 0 Å². The minimum absolute atomic E-state index is 0.0372. The van der Waals surface area contributed by atoms with E-state index in [9.17, 15) is 35.4 Å². The predicted molar refractivity (Wildman–Crippen MR) is 99.6 cm³/mol. The third-order valence-corrected chi connectivity index (χ3v) is 4.95. The number of aromatic hydroxyl groups is 3. The molecule has 4 atom stereocenters. The third kappa shape index (κ3) is 3.19. The second kappa shape index (κ2) is 7.05. The van der Waals surface area contributed by atoms with E-state index in [1.807, 2.05) is 0 Å². The standard InChI is InChI=1S/C20H18O9/c21-9-3-1-8(2-4-9)13-5-10(22)15-14(29-13)6-11(23)16(18(15)26)20-19(27)17(25)12(24)7-28-20/h1-6,12,17,19-21,23-27H,7H2/t12-,17-,19+,20-/m1/s1. The van der Waals surface area contributed by atoms with Crippen molar-refractivity contribution in [2.24, 2.45) is 0 Å². The van der Waals surface area contributed by atoms with Gasteiger partial charge in [-0.25, -0.2) is 0 Å². The molecule has 1 aliphatic rings. The SMILES string of the molecule is O=c1cc(-c2ccc(O)cc2)oc2cc(O)c([C@H]3OC[C@@H](O)[C@@H](O)[C@@H]3O)c(O)c12. The van der Waals surface area contributed by atoms with E-state index in [0.717, 1.165) is 12.1 Å². The molecule has 9 nitrogen and oxygen atoms in total. The number of rotatable bonds is 2. The van der Waals surface area contributed by atoms with Crippen LogP contribution in [0.15, 0.2) is 45.6 Å². The molecule has 2 heterocycles. The first-order valence-corrected chi connectivity index (χ1v) is 8.76. The topological polar surface area (TPSA) is 161 Å². The van der Waals surface area contributed by atoms with Crippen LogP contribution in [0.3, 0.4) is 0 Å². The maximum absolute atomic E-state index is 12.7. The van der Waals surface area contributed by atoms with Gasteiger partial charge < -0.3 is 39.8 Å². The first kappa shape index (κ1) is 19.2. The van der Waals surface area contributed by atoms with Gasteiger partial charge in [-0.1, -0.05) is 0 Å². The molecule has 9 heteroatoms. The molecule has 152 valence electrons. The van der Waals surface area contributed by atoms with Crippen LogP contribution < -0.4 is 5.43 Å². The zero-order valence-corrected chi connectivity index (χ0v) is 14.9. The zero-order valence-electron chi connectivity index (χ0n) is 14.9. The lowest BCUT2D eigenvalue weighted by Crippen LogP contribution is -2.49. The van der Waals surface area contributed by atoms with Gasteiger partial charge in [0, 0.05) is 17.7 Å². The second-order valence-corrected chi connectivity index (χ2v) is 6.86. The van der Waals surface area contributed by atoms with E-state index in [0.29, 0.717) is 5.56 Å². The molecule has 1 aliphatic heterocycles. The molecule has 1 saturated heterocycles. The Labute approximate surface area is 163 Å². The fourth-order valence-corrected chi connectivity index (χ4v) is 3.41. The Balaban J connectivity index is 1.86. The maximum atomic E-state index is 12.7. The van der Waals surface area contributed by atoms with E-state index < -0.39 is 41.3 Å². The molecule has 0 bridgehead atoms. The summed E-state index contributed by atoms with van der Waals surface area (Å²) in [6.45, 7) is -0.339. The van der Waals surface area contributed by atoms with E-state index in [4.69, 9.17) is 9.15 Å². The first-order valence-electron chi connectivity index (χ1n) is 8.76. The molecule has 0 spiro atoms. The molecule has 0 aliphatic carbocycles. The number of hydrogen-bond donors (Lipinski definition) is 6. The fourth-order valence-electron chi connectivity index (χ4n) is 3.41. The number of hydrogen-bond acceptors (Lipinski definition) is 9. The number of aliphatic hydroxyl groups is 3. The van der Waals surface area contributed by atoms with Crippen LogP contribution in [0.25, 0.3) is 22.3 Å². The van der Waals surface area contributed by atoms with Gasteiger partial charge in [-0.3, -0.25) is 4.79 Å². The van der Waals surface area contributed by atoms with Crippen LogP contribution in [0, 0.1) is 0 Å². The Kier molecular flexibility index (Phi) is 4.67. The summed E-state index contributed by atoms with van der Waals surface area (Å²) >= 11 is 0. The van der Waals surface area contributed by atoms with Gasteiger partial charge in [-0.15, -0.1) is 0 Å². The number of fused-ring (bicyclic) bond motifs is 1. The molecule has 1 fully saturated rings. The van der Waals surface area contributed by atoms with Crippen LogP contribution in [-0.2, 0) is 4.74 Å². The quantitative estimate of drug-likeness (QED) is 0.363. The third-order valence-electron chi connectivity index (χ3n) is 4.95. The smallest absolute Gasteiger partial charge is 0.197 e. The first-order chi connectivity index (χ1) is 13.8. The lowest BCUT2D eigenvalue weighted by molar-refractivity contribution is -0.189. The molecule has 0 saturated carbocycles.